The van der Waals surface area contributed by atoms with E-state index in [0.717, 1.165) is 11.1 Å². The first kappa shape index (κ1) is 19.9. The highest BCUT2D eigenvalue weighted by molar-refractivity contribution is 7.92. The predicted molar refractivity (Wildman–Crippen MR) is 101 cm³/mol. The fraction of sp³-hybridized carbons (Fsp3) is 0.250. The summed E-state index contributed by atoms with van der Waals surface area (Å²) in [5, 5.41) is 7.80. The van der Waals surface area contributed by atoms with Gasteiger partial charge in [-0.25, -0.2) is 8.42 Å². The third-order valence-corrected chi connectivity index (χ3v) is 5.96. The molecule has 1 unspecified atom stereocenters. The van der Waals surface area contributed by atoms with Gasteiger partial charge in [0.1, 0.15) is 0 Å². The van der Waals surface area contributed by atoms with Gasteiger partial charge in [0.25, 0.3) is 0 Å². The number of ether oxygens (including phenoxy) is 1. The molecule has 2 aromatic rings. The summed E-state index contributed by atoms with van der Waals surface area (Å²) in [6, 6.07) is 15.8. The first-order valence-electron chi connectivity index (χ1n) is 8.24. The average Bonchev–Trinajstić information content (AvgIpc) is 2.61. The molecule has 0 spiro atoms. The third kappa shape index (κ3) is 5.54. The van der Waals surface area contributed by atoms with Crippen LogP contribution in [-0.2, 0) is 19.4 Å². The molecule has 26 heavy (non-hydrogen) atoms. The molecule has 138 valence electrons. The van der Waals surface area contributed by atoms with Gasteiger partial charge in [-0.2, -0.15) is 0 Å². The number of carboxylic acids is 1. The van der Waals surface area contributed by atoms with Crippen molar-refractivity contribution in [2.75, 3.05) is 13.2 Å². The van der Waals surface area contributed by atoms with E-state index < -0.39 is 21.1 Å². The van der Waals surface area contributed by atoms with Gasteiger partial charge in [0.05, 0.1) is 11.5 Å². The van der Waals surface area contributed by atoms with Crippen LogP contribution in [0.5, 0.6) is 0 Å². The van der Waals surface area contributed by atoms with Gasteiger partial charge >= 0.3 is 5.97 Å². The van der Waals surface area contributed by atoms with Gasteiger partial charge in [-0.3, -0.25) is 4.79 Å². The van der Waals surface area contributed by atoms with Crippen molar-refractivity contribution in [3.05, 3.63) is 71.8 Å². The number of aliphatic carboxylic acids is 1. The molecule has 6 heteroatoms. The lowest BCUT2D eigenvalue weighted by Crippen LogP contribution is -2.31. The summed E-state index contributed by atoms with van der Waals surface area (Å²) in [7, 11) is -3.95. The first-order chi connectivity index (χ1) is 12.4. The maximum Gasteiger partial charge on any atom is 0.322 e. The molecular weight excluding hydrogens is 352 g/mol. The predicted octanol–water partition coefficient (Wildman–Crippen LogP) is 3.34. The molecule has 0 aliphatic heterocycles. The van der Waals surface area contributed by atoms with Crippen molar-refractivity contribution < 1.29 is 23.1 Å². The van der Waals surface area contributed by atoms with Crippen LogP contribution in [0.2, 0.25) is 0 Å². The quantitative estimate of drug-likeness (QED) is 0.681. The molecule has 0 amide bonds. The van der Waals surface area contributed by atoms with Crippen molar-refractivity contribution in [2.24, 2.45) is 0 Å². The molecule has 0 aliphatic carbocycles. The first-order valence-corrected chi connectivity index (χ1v) is 9.78. The number of sulfone groups is 1. The Morgan fingerprint density at radius 2 is 1.77 bits per heavy atom. The molecule has 0 saturated carbocycles. The normalized spacial score (nSPS) is 13.0. The van der Waals surface area contributed by atoms with Crippen LogP contribution in [0.15, 0.2) is 65.6 Å². The highest BCUT2D eigenvalue weighted by Crippen LogP contribution is 2.19. The molecule has 0 fully saturated rings. The second kappa shape index (κ2) is 9.31. The Morgan fingerprint density at radius 1 is 1.12 bits per heavy atom. The molecule has 1 N–H and O–H groups in total. The lowest BCUT2D eigenvalue weighted by Gasteiger charge is -2.13. The molecular formula is C20H22O5S. The smallest absolute Gasteiger partial charge is 0.322 e. The van der Waals surface area contributed by atoms with Crippen molar-refractivity contribution in [3.63, 3.8) is 0 Å². The summed E-state index contributed by atoms with van der Waals surface area (Å²) in [5.41, 5.74) is 1.94. The molecule has 0 radical (unpaired) electrons. The van der Waals surface area contributed by atoms with E-state index in [1.807, 2.05) is 43.3 Å². The Bertz CT molecular complexity index is 840. The zero-order valence-corrected chi connectivity index (χ0v) is 15.4. The number of hydrogen-bond donors (Lipinski definition) is 1. The lowest BCUT2D eigenvalue weighted by molar-refractivity contribution is -0.136. The van der Waals surface area contributed by atoms with Crippen LogP contribution < -0.4 is 0 Å². The van der Waals surface area contributed by atoms with E-state index in [0.29, 0.717) is 0 Å². The van der Waals surface area contributed by atoms with E-state index >= 15 is 0 Å². The maximum atomic E-state index is 12.5. The van der Waals surface area contributed by atoms with Gasteiger partial charge in [-0.1, -0.05) is 60.2 Å². The van der Waals surface area contributed by atoms with Gasteiger partial charge in [-0.05, 0) is 31.0 Å². The van der Waals surface area contributed by atoms with Gasteiger partial charge in [0.15, 0.2) is 15.1 Å². The zero-order valence-electron chi connectivity index (χ0n) is 14.5. The van der Waals surface area contributed by atoms with Crippen LogP contribution in [0.3, 0.4) is 0 Å². The number of hydrogen-bond acceptors (Lipinski definition) is 4. The Balaban J connectivity index is 1.91. The van der Waals surface area contributed by atoms with Crippen LogP contribution in [0, 0.1) is 6.92 Å². The molecule has 0 heterocycles. The van der Waals surface area contributed by atoms with Crippen LogP contribution in [-0.4, -0.2) is 38.0 Å². The molecule has 0 saturated heterocycles. The van der Waals surface area contributed by atoms with Crippen molar-refractivity contribution >= 4 is 21.9 Å². The second-order valence-electron chi connectivity index (χ2n) is 5.86. The summed E-state index contributed by atoms with van der Waals surface area (Å²) in [6.07, 6.45) is 3.59. The maximum absolute atomic E-state index is 12.5. The summed E-state index contributed by atoms with van der Waals surface area (Å²) in [4.78, 5) is 11.5. The van der Waals surface area contributed by atoms with E-state index in [2.05, 4.69) is 0 Å². The van der Waals surface area contributed by atoms with Gasteiger partial charge in [-0.15, -0.1) is 0 Å². The van der Waals surface area contributed by atoms with Crippen molar-refractivity contribution in [2.45, 2.75) is 23.5 Å². The number of benzene rings is 2. The number of aryl methyl sites for hydroxylation is 1. The van der Waals surface area contributed by atoms with Crippen molar-refractivity contribution in [3.8, 4) is 0 Å². The van der Waals surface area contributed by atoms with Crippen LogP contribution in [0.25, 0.3) is 6.08 Å². The van der Waals surface area contributed by atoms with E-state index in [4.69, 9.17) is 4.74 Å². The third-order valence-electron chi connectivity index (χ3n) is 3.85. The molecule has 0 aromatic heterocycles. The van der Waals surface area contributed by atoms with Crippen LogP contribution in [0.1, 0.15) is 17.5 Å². The van der Waals surface area contributed by atoms with E-state index in [1.54, 1.807) is 18.2 Å². The van der Waals surface area contributed by atoms with Gasteiger partial charge in [0.2, 0.25) is 0 Å². The van der Waals surface area contributed by atoms with E-state index in [9.17, 15) is 18.3 Å². The average molecular weight is 374 g/mol. The standard InChI is InChI=1S/C20H22O5S/c1-16-9-11-18(12-10-16)26(23,24)19(20(21)22)13-15-25-14-5-8-17-6-3-2-4-7-17/h2-12,19H,13-15H2,1H3,(H,21,22). The van der Waals surface area contributed by atoms with E-state index in [1.165, 1.54) is 12.1 Å². The monoisotopic (exact) mass is 374 g/mol. The summed E-state index contributed by atoms with van der Waals surface area (Å²) in [5.74, 6) is -1.37. The minimum Gasteiger partial charge on any atom is -0.480 e. The minimum absolute atomic E-state index is 0.0134. The molecule has 1 atom stereocenters. The Hall–Kier alpha value is -2.44. The Morgan fingerprint density at radius 3 is 2.38 bits per heavy atom. The Kier molecular flexibility index (Phi) is 7.12. The lowest BCUT2D eigenvalue weighted by atomic mass is 10.2. The number of carbonyl (C=O) groups is 1. The molecule has 0 aliphatic rings. The second-order valence-corrected chi connectivity index (χ2v) is 7.99. The summed E-state index contributed by atoms with van der Waals surface area (Å²) >= 11 is 0. The minimum atomic E-state index is -3.95. The van der Waals surface area contributed by atoms with Gasteiger partial charge < -0.3 is 9.84 Å². The number of rotatable bonds is 9. The summed E-state index contributed by atoms with van der Waals surface area (Å²) in [6.45, 7) is 2.16. The highest BCUT2D eigenvalue weighted by atomic mass is 32.2. The fourth-order valence-electron chi connectivity index (χ4n) is 2.39. The zero-order chi connectivity index (χ0) is 19.0. The highest BCUT2D eigenvalue weighted by Gasteiger charge is 2.33. The molecule has 5 nitrogen and oxygen atoms in total. The Labute approximate surface area is 153 Å². The largest absolute Gasteiger partial charge is 0.480 e. The van der Waals surface area contributed by atoms with Crippen LogP contribution in [0.4, 0.5) is 0 Å². The molecule has 2 aromatic carbocycles. The fourth-order valence-corrected chi connectivity index (χ4v) is 3.91. The molecule has 0 bridgehead atoms. The topological polar surface area (TPSA) is 80.7 Å². The summed E-state index contributed by atoms with van der Waals surface area (Å²) < 4.78 is 30.5. The SMILES string of the molecule is Cc1ccc(S(=O)(=O)C(CCOCC=Cc2ccccc2)C(=O)O)cc1. The van der Waals surface area contributed by atoms with Crippen LogP contribution >= 0.6 is 0 Å². The number of carboxylic acid groups (broad SMARTS) is 1. The van der Waals surface area contributed by atoms with E-state index in [-0.39, 0.29) is 24.5 Å². The molecule has 2 rings (SSSR count). The van der Waals surface area contributed by atoms with Crippen molar-refractivity contribution in [1.29, 1.82) is 0 Å². The van der Waals surface area contributed by atoms with Gasteiger partial charge in [0, 0.05) is 6.61 Å². The van der Waals surface area contributed by atoms with Crippen molar-refractivity contribution in [1.82, 2.24) is 0 Å².